The first kappa shape index (κ1) is 15.3. The Bertz CT molecular complexity index is 605. The molecule has 0 spiro atoms. The maximum absolute atomic E-state index is 13.2. The van der Waals surface area contributed by atoms with Crippen LogP contribution in [-0.4, -0.2) is 4.57 Å². The molecule has 108 valence electrons. The van der Waals surface area contributed by atoms with E-state index >= 15 is 0 Å². The molecule has 1 N–H and O–H groups in total. The molecular formula is C16H20BrFN2. The molecule has 1 aromatic carbocycles. The summed E-state index contributed by atoms with van der Waals surface area (Å²) in [7, 11) is 0. The van der Waals surface area contributed by atoms with E-state index < -0.39 is 0 Å². The Balaban J connectivity index is 2.01. The van der Waals surface area contributed by atoms with Crippen molar-refractivity contribution in [2.24, 2.45) is 0 Å². The molecule has 0 saturated heterocycles. The highest BCUT2D eigenvalue weighted by atomic mass is 79.9. The van der Waals surface area contributed by atoms with Crippen LogP contribution >= 0.6 is 15.9 Å². The molecule has 4 heteroatoms. The van der Waals surface area contributed by atoms with Gasteiger partial charge in [-0.3, -0.25) is 0 Å². The van der Waals surface area contributed by atoms with Crippen LogP contribution in [0, 0.1) is 19.7 Å². The Labute approximate surface area is 128 Å². The zero-order chi connectivity index (χ0) is 14.7. The van der Waals surface area contributed by atoms with Crippen molar-refractivity contribution < 1.29 is 4.39 Å². The maximum Gasteiger partial charge on any atom is 0.123 e. The largest absolute Gasteiger partial charge is 0.349 e. The Morgan fingerprint density at radius 3 is 2.50 bits per heavy atom. The lowest BCUT2D eigenvalue weighted by Gasteiger charge is -2.08. The summed E-state index contributed by atoms with van der Waals surface area (Å²) in [5, 5.41) is 3.38. The van der Waals surface area contributed by atoms with Gasteiger partial charge in [0.25, 0.3) is 0 Å². The summed E-state index contributed by atoms with van der Waals surface area (Å²) in [6.45, 7) is 8.86. The fourth-order valence-electron chi connectivity index (χ4n) is 2.55. The number of aromatic nitrogens is 1. The van der Waals surface area contributed by atoms with Gasteiger partial charge in [0.15, 0.2) is 0 Å². The second-order valence-corrected chi connectivity index (χ2v) is 5.83. The smallest absolute Gasteiger partial charge is 0.123 e. The van der Waals surface area contributed by atoms with Gasteiger partial charge >= 0.3 is 0 Å². The first-order chi connectivity index (χ1) is 9.52. The van der Waals surface area contributed by atoms with Gasteiger partial charge in [-0.1, -0.05) is 15.9 Å². The number of rotatable bonds is 5. The van der Waals surface area contributed by atoms with E-state index in [1.807, 2.05) is 0 Å². The molecule has 0 amide bonds. The fraction of sp³-hybridized carbons (Fsp3) is 0.375. The third-order valence-electron chi connectivity index (χ3n) is 3.63. The van der Waals surface area contributed by atoms with E-state index in [-0.39, 0.29) is 5.82 Å². The van der Waals surface area contributed by atoms with Gasteiger partial charge in [-0.2, -0.15) is 0 Å². The van der Waals surface area contributed by atoms with Gasteiger partial charge in [-0.15, -0.1) is 0 Å². The number of benzene rings is 1. The Hall–Kier alpha value is -1.13. The van der Waals surface area contributed by atoms with E-state index in [4.69, 9.17) is 0 Å². The minimum absolute atomic E-state index is 0.200. The lowest BCUT2D eigenvalue weighted by Crippen LogP contribution is -2.14. The van der Waals surface area contributed by atoms with Crippen LogP contribution in [0.5, 0.6) is 0 Å². The number of hydrogen-bond donors (Lipinski definition) is 1. The number of nitrogens with one attached hydrogen (secondary N) is 1. The van der Waals surface area contributed by atoms with Gasteiger partial charge in [0, 0.05) is 35.5 Å². The highest BCUT2D eigenvalue weighted by Gasteiger charge is 2.08. The van der Waals surface area contributed by atoms with E-state index in [1.165, 1.54) is 23.0 Å². The molecule has 0 bridgehead atoms. The second-order valence-electron chi connectivity index (χ2n) is 4.98. The van der Waals surface area contributed by atoms with E-state index in [2.05, 4.69) is 52.7 Å². The molecule has 0 unspecified atom stereocenters. The van der Waals surface area contributed by atoms with Crippen molar-refractivity contribution in [2.45, 2.75) is 40.4 Å². The zero-order valence-corrected chi connectivity index (χ0v) is 13.7. The minimum atomic E-state index is -0.200. The summed E-state index contributed by atoms with van der Waals surface area (Å²) < 4.78 is 16.4. The Morgan fingerprint density at radius 1 is 1.15 bits per heavy atom. The second kappa shape index (κ2) is 6.55. The number of hydrogen-bond acceptors (Lipinski definition) is 1. The molecule has 2 rings (SSSR count). The predicted molar refractivity (Wildman–Crippen MR) is 84.2 cm³/mol. The first-order valence-electron chi connectivity index (χ1n) is 6.83. The van der Waals surface area contributed by atoms with Crippen LogP contribution < -0.4 is 5.32 Å². The first-order valence-corrected chi connectivity index (χ1v) is 7.62. The maximum atomic E-state index is 13.2. The lowest BCUT2D eigenvalue weighted by molar-refractivity contribution is 0.618. The van der Waals surface area contributed by atoms with Crippen LogP contribution in [0.3, 0.4) is 0 Å². The van der Waals surface area contributed by atoms with Gasteiger partial charge in [0.05, 0.1) is 0 Å². The molecule has 0 fully saturated rings. The molecule has 0 aliphatic heterocycles. The van der Waals surface area contributed by atoms with Crippen molar-refractivity contribution in [1.29, 1.82) is 0 Å². The third kappa shape index (κ3) is 3.30. The molecule has 1 aromatic heterocycles. The molecule has 0 aliphatic carbocycles. The molecule has 0 atom stereocenters. The Kier molecular flexibility index (Phi) is 5.00. The van der Waals surface area contributed by atoms with E-state index in [9.17, 15) is 4.39 Å². The lowest BCUT2D eigenvalue weighted by atomic mass is 10.2. The summed E-state index contributed by atoms with van der Waals surface area (Å²) in [4.78, 5) is 0. The van der Waals surface area contributed by atoms with Crippen LogP contribution in [-0.2, 0) is 19.6 Å². The number of aryl methyl sites for hydroxylation is 1. The molecule has 2 nitrogen and oxygen atoms in total. The number of halogens is 2. The van der Waals surface area contributed by atoms with Crippen molar-refractivity contribution in [3.63, 3.8) is 0 Å². The van der Waals surface area contributed by atoms with Crippen LogP contribution in [0.15, 0.2) is 28.7 Å². The van der Waals surface area contributed by atoms with Crippen LogP contribution in [0.25, 0.3) is 0 Å². The Morgan fingerprint density at radius 2 is 1.85 bits per heavy atom. The molecule has 1 heterocycles. The quantitative estimate of drug-likeness (QED) is 0.859. The zero-order valence-electron chi connectivity index (χ0n) is 12.1. The molecule has 0 saturated carbocycles. The van der Waals surface area contributed by atoms with Gasteiger partial charge in [-0.05, 0) is 56.2 Å². The summed E-state index contributed by atoms with van der Waals surface area (Å²) in [6, 6.07) is 6.98. The van der Waals surface area contributed by atoms with Crippen molar-refractivity contribution in [1.82, 2.24) is 9.88 Å². The fourth-order valence-corrected chi connectivity index (χ4v) is 2.94. The van der Waals surface area contributed by atoms with Crippen molar-refractivity contribution in [3.8, 4) is 0 Å². The average Bonchev–Trinajstić information content (AvgIpc) is 2.68. The standard InChI is InChI=1S/C16H20BrFN2/c1-4-20-11(2)7-13(12(20)3)9-19-10-14-8-15(18)5-6-16(14)17/h5-8,19H,4,9-10H2,1-3H3. The van der Waals surface area contributed by atoms with Crippen LogP contribution in [0.4, 0.5) is 4.39 Å². The molecule has 0 radical (unpaired) electrons. The SMILES string of the molecule is CCn1c(C)cc(CNCc2cc(F)ccc2Br)c1C. The van der Waals surface area contributed by atoms with Crippen molar-refractivity contribution in [2.75, 3.05) is 0 Å². The van der Waals surface area contributed by atoms with E-state index in [1.54, 1.807) is 12.1 Å². The van der Waals surface area contributed by atoms with Crippen molar-refractivity contribution >= 4 is 15.9 Å². The predicted octanol–water partition coefficient (Wildman–Crippen LogP) is 4.32. The monoisotopic (exact) mass is 338 g/mol. The van der Waals surface area contributed by atoms with E-state index in [0.717, 1.165) is 23.1 Å². The molecule has 20 heavy (non-hydrogen) atoms. The van der Waals surface area contributed by atoms with Gasteiger partial charge < -0.3 is 9.88 Å². The topological polar surface area (TPSA) is 17.0 Å². The summed E-state index contributed by atoms with van der Waals surface area (Å²) in [5.74, 6) is -0.200. The van der Waals surface area contributed by atoms with E-state index in [0.29, 0.717) is 6.54 Å². The third-order valence-corrected chi connectivity index (χ3v) is 4.41. The molecule has 2 aromatic rings. The number of nitrogens with zero attached hydrogens (tertiary/aromatic N) is 1. The summed E-state index contributed by atoms with van der Waals surface area (Å²) >= 11 is 3.45. The average molecular weight is 339 g/mol. The summed E-state index contributed by atoms with van der Waals surface area (Å²) in [5.41, 5.74) is 4.83. The minimum Gasteiger partial charge on any atom is -0.349 e. The molecular weight excluding hydrogens is 319 g/mol. The van der Waals surface area contributed by atoms with Gasteiger partial charge in [0.1, 0.15) is 5.82 Å². The van der Waals surface area contributed by atoms with Crippen molar-refractivity contribution in [3.05, 3.63) is 57.1 Å². The highest BCUT2D eigenvalue weighted by Crippen LogP contribution is 2.18. The highest BCUT2D eigenvalue weighted by molar-refractivity contribution is 9.10. The molecule has 0 aliphatic rings. The van der Waals surface area contributed by atoms with Gasteiger partial charge in [0.2, 0.25) is 0 Å². The van der Waals surface area contributed by atoms with Gasteiger partial charge in [-0.25, -0.2) is 4.39 Å². The summed E-state index contributed by atoms with van der Waals surface area (Å²) in [6.07, 6.45) is 0. The normalized spacial score (nSPS) is 11.1. The van der Waals surface area contributed by atoms with Crippen LogP contribution in [0.1, 0.15) is 29.4 Å². The van der Waals surface area contributed by atoms with Crippen LogP contribution in [0.2, 0.25) is 0 Å².